The van der Waals surface area contributed by atoms with Crippen LogP contribution in [-0.2, 0) is 0 Å². The van der Waals surface area contributed by atoms with Gasteiger partial charge < -0.3 is 16.0 Å². The van der Waals surface area contributed by atoms with E-state index in [9.17, 15) is 4.79 Å². The summed E-state index contributed by atoms with van der Waals surface area (Å²) in [5.41, 5.74) is 6.91. The molecule has 1 atom stereocenters. The molecule has 1 unspecified atom stereocenters. The Labute approximate surface area is 121 Å². The van der Waals surface area contributed by atoms with Crippen molar-refractivity contribution in [2.75, 3.05) is 31.9 Å². The molecule has 3 N–H and O–H groups in total. The van der Waals surface area contributed by atoms with Gasteiger partial charge in [-0.2, -0.15) is 0 Å². The molecule has 1 amide bonds. The van der Waals surface area contributed by atoms with Crippen LogP contribution in [0.5, 0.6) is 0 Å². The number of nitrogen functional groups attached to an aromatic ring is 1. The maximum atomic E-state index is 12.1. The second kappa shape index (κ2) is 7.29. The van der Waals surface area contributed by atoms with Gasteiger partial charge in [0.2, 0.25) is 0 Å². The van der Waals surface area contributed by atoms with Crippen molar-refractivity contribution in [3.05, 3.63) is 29.8 Å². The van der Waals surface area contributed by atoms with E-state index < -0.39 is 0 Å². The minimum atomic E-state index is -0.0754. The van der Waals surface area contributed by atoms with Gasteiger partial charge in [-0.25, -0.2) is 0 Å². The van der Waals surface area contributed by atoms with E-state index in [0.29, 0.717) is 23.7 Å². The quantitative estimate of drug-likeness (QED) is 0.809. The van der Waals surface area contributed by atoms with E-state index in [1.54, 1.807) is 12.1 Å². The van der Waals surface area contributed by atoms with E-state index in [4.69, 9.17) is 5.73 Å². The Morgan fingerprint density at radius 1 is 1.30 bits per heavy atom. The van der Waals surface area contributed by atoms with Crippen molar-refractivity contribution in [3.8, 4) is 0 Å². The Morgan fingerprint density at radius 2 is 2.00 bits per heavy atom. The highest BCUT2D eigenvalue weighted by molar-refractivity contribution is 5.99. The number of para-hydroxylation sites is 1. The van der Waals surface area contributed by atoms with Gasteiger partial charge in [-0.1, -0.05) is 25.5 Å². The third-order valence-corrected chi connectivity index (χ3v) is 3.84. The average Bonchev–Trinajstić information content (AvgIpc) is 2.46. The maximum Gasteiger partial charge on any atom is 0.253 e. The molecule has 0 spiro atoms. The molecule has 1 aliphatic heterocycles. The number of nitrogens with zero attached hydrogens (tertiary/aromatic N) is 1. The fraction of sp³-hybridized carbons (Fsp3) is 0.562. The van der Waals surface area contributed by atoms with Crippen LogP contribution in [0, 0.1) is 5.92 Å². The number of benzene rings is 1. The first-order chi connectivity index (χ1) is 9.66. The third kappa shape index (κ3) is 4.23. The van der Waals surface area contributed by atoms with E-state index in [1.165, 1.54) is 32.4 Å². The summed E-state index contributed by atoms with van der Waals surface area (Å²) >= 11 is 0. The Hall–Kier alpha value is -1.55. The molecule has 1 saturated heterocycles. The molecule has 4 nitrogen and oxygen atoms in total. The van der Waals surface area contributed by atoms with Crippen molar-refractivity contribution < 1.29 is 4.79 Å². The highest BCUT2D eigenvalue weighted by Crippen LogP contribution is 2.12. The van der Waals surface area contributed by atoms with Crippen LogP contribution in [-0.4, -0.2) is 37.0 Å². The highest BCUT2D eigenvalue weighted by atomic mass is 16.1. The molecule has 1 aliphatic rings. The van der Waals surface area contributed by atoms with E-state index in [1.807, 2.05) is 12.1 Å². The van der Waals surface area contributed by atoms with Crippen molar-refractivity contribution in [2.24, 2.45) is 5.92 Å². The smallest absolute Gasteiger partial charge is 0.253 e. The number of nitrogens with two attached hydrogens (primary N) is 1. The van der Waals surface area contributed by atoms with Crippen molar-refractivity contribution in [1.29, 1.82) is 0 Å². The van der Waals surface area contributed by atoms with Gasteiger partial charge in [0.25, 0.3) is 5.91 Å². The van der Waals surface area contributed by atoms with Crippen molar-refractivity contribution in [3.63, 3.8) is 0 Å². The molecule has 1 aromatic rings. The van der Waals surface area contributed by atoms with Crippen LogP contribution in [0.2, 0.25) is 0 Å². The summed E-state index contributed by atoms with van der Waals surface area (Å²) in [4.78, 5) is 14.6. The third-order valence-electron chi connectivity index (χ3n) is 3.84. The van der Waals surface area contributed by atoms with Crippen LogP contribution < -0.4 is 11.1 Å². The molecule has 1 aromatic carbocycles. The summed E-state index contributed by atoms with van der Waals surface area (Å²) in [6.45, 7) is 6.34. The predicted octanol–water partition coefficient (Wildman–Crippen LogP) is 2.12. The van der Waals surface area contributed by atoms with Gasteiger partial charge in [-0.15, -0.1) is 0 Å². The minimum Gasteiger partial charge on any atom is -0.398 e. The molecule has 0 bridgehead atoms. The summed E-state index contributed by atoms with van der Waals surface area (Å²) in [5, 5.41) is 2.98. The lowest BCUT2D eigenvalue weighted by molar-refractivity contribution is 0.0943. The Morgan fingerprint density at radius 3 is 2.70 bits per heavy atom. The first-order valence-electron chi connectivity index (χ1n) is 7.52. The topological polar surface area (TPSA) is 58.4 Å². The molecule has 1 fully saturated rings. The van der Waals surface area contributed by atoms with E-state index in [0.717, 1.165) is 6.54 Å². The lowest BCUT2D eigenvalue weighted by atomic mass is 10.1. The zero-order valence-corrected chi connectivity index (χ0v) is 12.3. The molecule has 4 heteroatoms. The van der Waals surface area contributed by atoms with Crippen LogP contribution in [0.25, 0.3) is 0 Å². The first-order valence-corrected chi connectivity index (χ1v) is 7.52. The molecule has 0 radical (unpaired) electrons. The number of likely N-dealkylation sites (tertiary alicyclic amines) is 1. The number of anilines is 1. The number of carbonyl (C=O) groups is 1. The van der Waals surface area contributed by atoms with Crippen LogP contribution in [0.15, 0.2) is 24.3 Å². The van der Waals surface area contributed by atoms with Gasteiger partial charge in [-0.3, -0.25) is 4.79 Å². The molecule has 20 heavy (non-hydrogen) atoms. The van der Waals surface area contributed by atoms with E-state index in [2.05, 4.69) is 17.1 Å². The second-order valence-electron chi connectivity index (χ2n) is 5.76. The van der Waals surface area contributed by atoms with Gasteiger partial charge in [0.1, 0.15) is 0 Å². The second-order valence-corrected chi connectivity index (χ2v) is 5.76. The Bertz CT molecular complexity index is 441. The van der Waals surface area contributed by atoms with Gasteiger partial charge in [0.05, 0.1) is 5.56 Å². The van der Waals surface area contributed by atoms with Crippen LogP contribution in [0.4, 0.5) is 5.69 Å². The molecular formula is C16H25N3O. The standard InChI is InChI=1S/C16H25N3O/c1-13(12-19-9-5-2-6-10-19)11-18-16(20)14-7-3-4-8-15(14)17/h3-4,7-8,13H,2,5-6,9-12,17H2,1H3,(H,18,20). The lowest BCUT2D eigenvalue weighted by Gasteiger charge is -2.29. The predicted molar refractivity (Wildman–Crippen MR) is 82.6 cm³/mol. The van der Waals surface area contributed by atoms with Gasteiger partial charge in [0.15, 0.2) is 0 Å². The van der Waals surface area contributed by atoms with E-state index >= 15 is 0 Å². The fourth-order valence-corrected chi connectivity index (χ4v) is 2.71. The van der Waals surface area contributed by atoms with E-state index in [-0.39, 0.29) is 5.91 Å². The van der Waals surface area contributed by atoms with Crippen molar-refractivity contribution in [2.45, 2.75) is 26.2 Å². The largest absolute Gasteiger partial charge is 0.398 e. The molecule has 1 heterocycles. The first kappa shape index (κ1) is 14.9. The number of hydrogen-bond acceptors (Lipinski definition) is 3. The number of nitrogens with one attached hydrogen (secondary N) is 1. The molecule has 2 rings (SSSR count). The molecular weight excluding hydrogens is 250 g/mol. The van der Waals surface area contributed by atoms with Crippen LogP contribution in [0.1, 0.15) is 36.5 Å². The lowest BCUT2D eigenvalue weighted by Crippen LogP contribution is -2.38. The highest BCUT2D eigenvalue weighted by Gasteiger charge is 2.15. The maximum absolute atomic E-state index is 12.1. The summed E-state index contributed by atoms with van der Waals surface area (Å²) in [7, 11) is 0. The summed E-state index contributed by atoms with van der Waals surface area (Å²) < 4.78 is 0. The van der Waals surface area contributed by atoms with Gasteiger partial charge in [0, 0.05) is 18.8 Å². The fourth-order valence-electron chi connectivity index (χ4n) is 2.71. The molecule has 110 valence electrons. The number of piperidine rings is 1. The number of carbonyl (C=O) groups excluding carboxylic acids is 1. The average molecular weight is 275 g/mol. The summed E-state index contributed by atoms with van der Waals surface area (Å²) in [5.74, 6) is 0.385. The molecule has 0 aliphatic carbocycles. The molecule has 0 aromatic heterocycles. The minimum absolute atomic E-state index is 0.0754. The van der Waals surface area contributed by atoms with Crippen molar-refractivity contribution >= 4 is 11.6 Å². The zero-order chi connectivity index (χ0) is 14.4. The number of rotatable bonds is 5. The summed E-state index contributed by atoms with van der Waals surface area (Å²) in [6, 6.07) is 7.19. The SMILES string of the molecule is CC(CNC(=O)c1ccccc1N)CN1CCCCC1. The monoisotopic (exact) mass is 275 g/mol. The Balaban J connectivity index is 1.76. The molecule has 0 saturated carbocycles. The zero-order valence-electron chi connectivity index (χ0n) is 12.3. The Kier molecular flexibility index (Phi) is 5.41. The number of amides is 1. The van der Waals surface area contributed by atoms with Crippen LogP contribution in [0.3, 0.4) is 0 Å². The van der Waals surface area contributed by atoms with Crippen LogP contribution >= 0.6 is 0 Å². The summed E-state index contributed by atoms with van der Waals surface area (Å²) in [6.07, 6.45) is 3.97. The van der Waals surface area contributed by atoms with Gasteiger partial charge >= 0.3 is 0 Å². The number of hydrogen-bond donors (Lipinski definition) is 2. The van der Waals surface area contributed by atoms with Gasteiger partial charge in [-0.05, 0) is 44.0 Å². The normalized spacial score (nSPS) is 17.6. The van der Waals surface area contributed by atoms with Crippen molar-refractivity contribution in [1.82, 2.24) is 10.2 Å².